The molecule has 5 nitrogen and oxygen atoms in total. The molecule has 230 valence electrons. The van der Waals surface area contributed by atoms with Crippen LogP contribution in [-0.2, 0) is 14.3 Å². The van der Waals surface area contributed by atoms with Crippen LogP contribution in [0.25, 0.3) is 0 Å². The average molecular weight is 552 g/mol. The van der Waals surface area contributed by atoms with Crippen molar-refractivity contribution in [2.24, 2.45) is 0 Å². The predicted molar refractivity (Wildman–Crippen MR) is 166 cm³/mol. The lowest BCUT2D eigenvalue weighted by Gasteiger charge is -2.18. The average Bonchev–Trinajstić information content (AvgIpc) is 2.89. The zero-order valence-electron chi connectivity index (χ0n) is 26.2. The molecule has 0 radical (unpaired) electrons. The fourth-order valence-corrected chi connectivity index (χ4v) is 5.02. The number of hydrogen-bond acceptors (Lipinski definition) is 4. The number of carbonyl (C=O) groups is 2. The topological polar surface area (TPSA) is 66.8 Å². The van der Waals surface area contributed by atoms with Crippen molar-refractivity contribution in [1.29, 1.82) is 0 Å². The second-order valence-electron chi connectivity index (χ2n) is 11.8. The number of aliphatic carboxylic acids is 1. The molecule has 5 heteroatoms. The van der Waals surface area contributed by atoms with Crippen LogP contribution in [0, 0.1) is 0 Å². The van der Waals surface area contributed by atoms with Gasteiger partial charge >= 0.3 is 11.9 Å². The van der Waals surface area contributed by atoms with Gasteiger partial charge in [0.25, 0.3) is 0 Å². The van der Waals surface area contributed by atoms with E-state index in [1.165, 1.54) is 109 Å². The number of nitrogens with zero attached hydrogens (tertiary/aromatic N) is 1. The van der Waals surface area contributed by atoms with Gasteiger partial charge < -0.3 is 14.7 Å². The van der Waals surface area contributed by atoms with Gasteiger partial charge in [0, 0.05) is 12.8 Å². The van der Waals surface area contributed by atoms with E-state index in [9.17, 15) is 9.59 Å². The highest BCUT2D eigenvalue weighted by atomic mass is 16.5. The number of rotatable bonds is 30. The monoisotopic (exact) mass is 551 g/mol. The summed E-state index contributed by atoms with van der Waals surface area (Å²) in [5.74, 6) is -0.681. The number of hydrogen-bond donors (Lipinski definition) is 1. The molecule has 1 N–H and O–H groups in total. The molecule has 0 aromatic heterocycles. The number of allylic oxidation sites excluding steroid dienone is 2. The molecule has 0 amide bonds. The first-order chi connectivity index (χ1) is 19.0. The molecule has 0 aliphatic carbocycles. The Morgan fingerprint density at radius 2 is 1.10 bits per heavy atom. The minimum atomic E-state index is -0.672. The lowest BCUT2D eigenvalue weighted by atomic mass is 10.0. The summed E-state index contributed by atoms with van der Waals surface area (Å²) in [5, 5.41) is 8.64. The van der Waals surface area contributed by atoms with Gasteiger partial charge in [0.2, 0.25) is 0 Å². The summed E-state index contributed by atoms with van der Waals surface area (Å²) in [6, 6.07) is 0. The third-order valence-electron chi connectivity index (χ3n) is 7.49. The van der Waals surface area contributed by atoms with Gasteiger partial charge in [0.05, 0.1) is 0 Å². The number of carboxylic acid groups (broad SMARTS) is 1. The van der Waals surface area contributed by atoms with Gasteiger partial charge in [-0.2, -0.15) is 0 Å². The molecule has 0 aromatic carbocycles. The number of ether oxygens (including phenoxy) is 1. The minimum Gasteiger partial charge on any atom is -0.481 e. The molecule has 39 heavy (non-hydrogen) atoms. The van der Waals surface area contributed by atoms with Crippen LogP contribution in [0.2, 0.25) is 0 Å². The number of esters is 1. The lowest BCUT2D eigenvalue weighted by Crippen LogP contribution is -2.20. The molecule has 0 aliphatic heterocycles. The zero-order valence-corrected chi connectivity index (χ0v) is 26.2. The molecule has 0 saturated carbocycles. The summed E-state index contributed by atoms with van der Waals surface area (Å²) < 4.78 is 5.92. The first-order valence-corrected chi connectivity index (χ1v) is 16.7. The fourth-order valence-electron chi connectivity index (χ4n) is 5.02. The Bertz CT molecular complexity index is 576. The summed E-state index contributed by atoms with van der Waals surface area (Å²) in [4.78, 5) is 25.0. The van der Waals surface area contributed by atoms with Crippen LogP contribution >= 0.6 is 0 Å². The quantitative estimate of drug-likeness (QED) is 0.0546. The van der Waals surface area contributed by atoms with Crippen LogP contribution in [0.4, 0.5) is 0 Å². The highest BCUT2D eigenvalue weighted by Crippen LogP contribution is 2.18. The Morgan fingerprint density at radius 3 is 1.59 bits per heavy atom. The Kier molecular flexibility index (Phi) is 28.6. The standard InChI is InChI=1S/C34H65NO4/c1-4-5-6-7-17-20-23-27-32(39-34(38)30-26-31-35(2)3)28-24-21-18-15-13-11-9-8-10-12-14-16-19-22-25-29-33(36)37/h9,11,32H,4-8,10,12-31H2,1-3H3,(H,36,37). The van der Waals surface area contributed by atoms with Crippen LogP contribution in [0.5, 0.6) is 0 Å². The van der Waals surface area contributed by atoms with Crippen molar-refractivity contribution < 1.29 is 19.4 Å². The van der Waals surface area contributed by atoms with E-state index in [1.54, 1.807) is 0 Å². The maximum absolute atomic E-state index is 12.4. The Hall–Kier alpha value is -1.36. The summed E-state index contributed by atoms with van der Waals surface area (Å²) in [6.07, 6.45) is 33.0. The Labute approximate surface area is 242 Å². The molecular formula is C34H65NO4. The van der Waals surface area contributed by atoms with Gasteiger partial charge in [0.15, 0.2) is 0 Å². The van der Waals surface area contributed by atoms with Gasteiger partial charge in [-0.05, 0) is 84.8 Å². The van der Waals surface area contributed by atoms with E-state index in [0.717, 1.165) is 45.1 Å². The maximum Gasteiger partial charge on any atom is 0.306 e. The molecule has 0 saturated heterocycles. The number of unbranched alkanes of at least 4 members (excludes halogenated alkanes) is 17. The Balaban J connectivity index is 3.87. The third-order valence-corrected chi connectivity index (χ3v) is 7.49. The van der Waals surface area contributed by atoms with E-state index < -0.39 is 5.97 Å². The Morgan fingerprint density at radius 1 is 0.641 bits per heavy atom. The number of carbonyl (C=O) groups excluding carboxylic acids is 1. The lowest BCUT2D eigenvalue weighted by molar-refractivity contribution is -0.150. The fraction of sp³-hybridized carbons (Fsp3) is 0.882. The molecule has 1 unspecified atom stereocenters. The zero-order chi connectivity index (χ0) is 28.8. The van der Waals surface area contributed by atoms with Crippen molar-refractivity contribution in [2.75, 3.05) is 20.6 Å². The maximum atomic E-state index is 12.4. The highest BCUT2D eigenvalue weighted by molar-refractivity contribution is 5.69. The second kappa shape index (κ2) is 29.6. The van der Waals surface area contributed by atoms with Gasteiger partial charge in [-0.15, -0.1) is 0 Å². The normalized spacial score (nSPS) is 12.4. The summed E-state index contributed by atoms with van der Waals surface area (Å²) in [6.45, 7) is 3.19. The van der Waals surface area contributed by atoms with Crippen molar-refractivity contribution in [3.8, 4) is 0 Å². The van der Waals surface area contributed by atoms with Gasteiger partial charge in [-0.1, -0.05) is 103 Å². The first kappa shape index (κ1) is 37.6. The molecule has 0 fully saturated rings. The summed E-state index contributed by atoms with van der Waals surface area (Å²) in [7, 11) is 4.09. The van der Waals surface area contributed by atoms with Crippen molar-refractivity contribution in [3.05, 3.63) is 12.2 Å². The smallest absolute Gasteiger partial charge is 0.306 e. The molecule has 1 atom stereocenters. The van der Waals surface area contributed by atoms with Gasteiger partial charge in [0.1, 0.15) is 6.10 Å². The van der Waals surface area contributed by atoms with E-state index in [1.807, 2.05) is 14.1 Å². The predicted octanol–water partition coefficient (Wildman–Crippen LogP) is 9.87. The molecular weight excluding hydrogens is 486 g/mol. The molecule has 0 bridgehead atoms. The highest BCUT2D eigenvalue weighted by Gasteiger charge is 2.14. The van der Waals surface area contributed by atoms with E-state index in [2.05, 4.69) is 24.0 Å². The van der Waals surface area contributed by atoms with Crippen LogP contribution in [0.3, 0.4) is 0 Å². The first-order valence-electron chi connectivity index (χ1n) is 16.7. The SMILES string of the molecule is CCCCCCCCCC(CCCCCCC=CCCCCCCCCCC(=O)O)OC(=O)CCCN(C)C. The van der Waals surface area contributed by atoms with Crippen LogP contribution in [-0.4, -0.2) is 48.7 Å². The summed E-state index contributed by atoms with van der Waals surface area (Å²) >= 11 is 0. The van der Waals surface area contributed by atoms with E-state index >= 15 is 0 Å². The molecule has 0 rings (SSSR count). The van der Waals surface area contributed by atoms with Crippen LogP contribution < -0.4 is 0 Å². The number of carboxylic acids is 1. The molecule has 0 spiro atoms. The molecule has 0 aliphatic rings. The van der Waals surface area contributed by atoms with Crippen molar-refractivity contribution in [2.45, 2.75) is 174 Å². The third kappa shape index (κ3) is 31.0. The van der Waals surface area contributed by atoms with E-state index in [0.29, 0.717) is 12.8 Å². The van der Waals surface area contributed by atoms with Crippen molar-refractivity contribution >= 4 is 11.9 Å². The van der Waals surface area contributed by atoms with Crippen LogP contribution in [0.15, 0.2) is 12.2 Å². The van der Waals surface area contributed by atoms with Crippen molar-refractivity contribution in [3.63, 3.8) is 0 Å². The van der Waals surface area contributed by atoms with Crippen LogP contribution in [0.1, 0.15) is 167 Å². The van der Waals surface area contributed by atoms with E-state index in [-0.39, 0.29) is 12.1 Å². The molecule has 0 heterocycles. The van der Waals surface area contributed by atoms with Crippen molar-refractivity contribution in [1.82, 2.24) is 4.90 Å². The van der Waals surface area contributed by atoms with Gasteiger partial charge in [-0.25, -0.2) is 0 Å². The second-order valence-corrected chi connectivity index (χ2v) is 11.8. The van der Waals surface area contributed by atoms with E-state index in [4.69, 9.17) is 9.84 Å². The summed E-state index contributed by atoms with van der Waals surface area (Å²) in [5.41, 5.74) is 0. The molecule has 0 aromatic rings. The largest absolute Gasteiger partial charge is 0.481 e. The van der Waals surface area contributed by atoms with Gasteiger partial charge in [-0.3, -0.25) is 9.59 Å². The minimum absolute atomic E-state index is 0.00864.